The molecule has 90 valence electrons. The van der Waals surface area contributed by atoms with Gasteiger partial charge in [0.25, 0.3) is 0 Å². The molecule has 4 heteroatoms. The van der Waals surface area contributed by atoms with E-state index in [1.807, 2.05) is 26.1 Å². The lowest BCUT2D eigenvalue weighted by atomic mass is 10.1. The highest BCUT2D eigenvalue weighted by Gasteiger charge is 2.14. The summed E-state index contributed by atoms with van der Waals surface area (Å²) >= 11 is 1.65. The molecule has 0 bridgehead atoms. The normalized spacial score (nSPS) is 12.7. The molecule has 3 nitrogen and oxygen atoms in total. The van der Waals surface area contributed by atoms with Gasteiger partial charge in [0.05, 0.1) is 5.69 Å². The van der Waals surface area contributed by atoms with E-state index >= 15 is 0 Å². The number of nitrogens with zero attached hydrogens (tertiary/aromatic N) is 2. The fraction of sp³-hybridized carbons (Fsp3) is 0.385. The van der Waals surface area contributed by atoms with Gasteiger partial charge in [-0.2, -0.15) is 0 Å². The van der Waals surface area contributed by atoms with Crippen LogP contribution in [0.25, 0.3) is 10.7 Å². The molecule has 0 aromatic carbocycles. The maximum Gasteiger partial charge on any atom is 0.142 e. The summed E-state index contributed by atoms with van der Waals surface area (Å²) < 4.78 is 0. The standard InChI is InChI=1S/C13H17N3S/c1-4-10-6-5-7-15-11(10)13-16-9(3)12(17-13)8(2)14/h5-8H,4,14H2,1-3H3. The summed E-state index contributed by atoms with van der Waals surface area (Å²) in [6, 6.07) is 4.11. The highest BCUT2D eigenvalue weighted by Crippen LogP contribution is 2.31. The van der Waals surface area contributed by atoms with E-state index in [9.17, 15) is 0 Å². The van der Waals surface area contributed by atoms with Crippen LogP contribution in [0.1, 0.15) is 36.0 Å². The summed E-state index contributed by atoms with van der Waals surface area (Å²) in [5, 5.41) is 0.979. The van der Waals surface area contributed by atoms with Gasteiger partial charge in [-0.3, -0.25) is 4.98 Å². The van der Waals surface area contributed by atoms with E-state index in [1.54, 1.807) is 11.3 Å². The van der Waals surface area contributed by atoms with Crippen LogP contribution in [0.4, 0.5) is 0 Å². The Morgan fingerprint density at radius 2 is 2.24 bits per heavy atom. The van der Waals surface area contributed by atoms with Gasteiger partial charge >= 0.3 is 0 Å². The first kappa shape index (κ1) is 12.2. The zero-order chi connectivity index (χ0) is 12.4. The minimum absolute atomic E-state index is 0.0371. The molecular formula is C13H17N3S. The molecule has 0 amide bonds. The number of aryl methyl sites for hydroxylation is 2. The van der Waals surface area contributed by atoms with E-state index in [0.29, 0.717) is 0 Å². The number of nitrogens with two attached hydrogens (primary N) is 1. The molecule has 2 N–H and O–H groups in total. The SMILES string of the molecule is CCc1cccnc1-c1nc(C)c(C(C)N)s1. The second kappa shape index (κ2) is 4.94. The minimum Gasteiger partial charge on any atom is -0.323 e. The highest BCUT2D eigenvalue weighted by atomic mass is 32.1. The van der Waals surface area contributed by atoms with Crippen molar-refractivity contribution in [1.82, 2.24) is 9.97 Å². The maximum absolute atomic E-state index is 5.93. The summed E-state index contributed by atoms with van der Waals surface area (Å²) in [6.45, 7) is 6.13. The Balaban J connectivity index is 2.50. The predicted molar refractivity (Wildman–Crippen MR) is 72.1 cm³/mol. The van der Waals surface area contributed by atoms with Crippen LogP contribution in [0.3, 0.4) is 0 Å². The third-order valence-corrected chi connectivity index (χ3v) is 4.09. The Morgan fingerprint density at radius 3 is 2.82 bits per heavy atom. The molecule has 2 rings (SSSR count). The van der Waals surface area contributed by atoms with Crippen LogP contribution in [-0.4, -0.2) is 9.97 Å². The van der Waals surface area contributed by atoms with E-state index in [0.717, 1.165) is 27.7 Å². The summed E-state index contributed by atoms with van der Waals surface area (Å²) in [6.07, 6.45) is 2.78. The van der Waals surface area contributed by atoms with E-state index < -0.39 is 0 Å². The Bertz CT molecular complexity index is 517. The van der Waals surface area contributed by atoms with Crippen LogP contribution >= 0.6 is 11.3 Å². The average molecular weight is 247 g/mol. The second-order valence-electron chi connectivity index (χ2n) is 4.12. The highest BCUT2D eigenvalue weighted by molar-refractivity contribution is 7.15. The molecule has 0 aliphatic heterocycles. The minimum atomic E-state index is 0.0371. The van der Waals surface area contributed by atoms with Crippen molar-refractivity contribution in [3.8, 4) is 10.7 Å². The van der Waals surface area contributed by atoms with Gasteiger partial charge in [0.2, 0.25) is 0 Å². The molecule has 1 unspecified atom stereocenters. The second-order valence-corrected chi connectivity index (χ2v) is 5.15. The largest absolute Gasteiger partial charge is 0.323 e. The monoisotopic (exact) mass is 247 g/mol. The van der Waals surface area contributed by atoms with Crippen molar-refractivity contribution >= 4 is 11.3 Å². The fourth-order valence-electron chi connectivity index (χ4n) is 1.85. The number of rotatable bonds is 3. The van der Waals surface area contributed by atoms with Crippen LogP contribution in [-0.2, 0) is 6.42 Å². The van der Waals surface area contributed by atoms with Crippen molar-refractivity contribution in [2.24, 2.45) is 5.73 Å². The predicted octanol–water partition coefficient (Wildman–Crippen LogP) is 3.10. The molecule has 2 aromatic rings. The van der Waals surface area contributed by atoms with Gasteiger partial charge in [0.15, 0.2) is 0 Å². The van der Waals surface area contributed by atoms with Crippen LogP contribution in [0, 0.1) is 6.92 Å². The molecule has 1 atom stereocenters. The van der Waals surface area contributed by atoms with Crippen LogP contribution in [0.2, 0.25) is 0 Å². The number of hydrogen-bond donors (Lipinski definition) is 1. The maximum atomic E-state index is 5.93. The first-order valence-corrected chi connectivity index (χ1v) is 6.62. The zero-order valence-electron chi connectivity index (χ0n) is 10.4. The van der Waals surface area contributed by atoms with Crippen molar-refractivity contribution in [3.05, 3.63) is 34.5 Å². The Kier molecular flexibility index (Phi) is 3.54. The molecule has 0 fully saturated rings. The topological polar surface area (TPSA) is 51.8 Å². The van der Waals surface area contributed by atoms with Gasteiger partial charge in [-0.1, -0.05) is 13.0 Å². The lowest BCUT2D eigenvalue weighted by Crippen LogP contribution is -2.03. The Hall–Kier alpha value is -1.26. The lowest BCUT2D eigenvalue weighted by molar-refractivity contribution is 0.825. The van der Waals surface area contributed by atoms with E-state index in [2.05, 4.69) is 23.0 Å². The molecule has 0 saturated carbocycles. The van der Waals surface area contributed by atoms with E-state index in [-0.39, 0.29) is 6.04 Å². The first-order valence-electron chi connectivity index (χ1n) is 5.80. The first-order chi connectivity index (χ1) is 8.13. The molecular weight excluding hydrogens is 230 g/mol. The molecule has 0 saturated heterocycles. The summed E-state index contributed by atoms with van der Waals surface area (Å²) in [7, 11) is 0. The number of aromatic nitrogens is 2. The van der Waals surface area contributed by atoms with Crippen molar-refractivity contribution in [2.75, 3.05) is 0 Å². The molecule has 2 aromatic heterocycles. The number of hydrogen-bond acceptors (Lipinski definition) is 4. The molecule has 0 radical (unpaired) electrons. The molecule has 17 heavy (non-hydrogen) atoms. The third kappa shape index (κ3) is 2.37. The van der Waals surface area contributed by atoms with Gasteiger partial charge in [0, 0.05) is 17.1 Å². The van der Waals surface area contributed by atoms with E-state index in [4.69, 9.17) is 5.73 Å². The number of pyridine rings is 1. The average Bonchev–Trinajstić information content (AvgIpc) is 2.71. The molecule has 0 aliphatic carbocycles. The van der Waals surface area contributed by atoms with Crippen molar-refractivity contribution in [1.29, 1.82) is 0 Å². The summed E-state index contributed by atoms with van der Waals surface area (Å²) in [5.74, 6) is 0. The van der Waals surface area contributed by atoms with Crippen molar-refractivity contribution < 1.29 is 0 Å². The van der Waals surface area contributed by atoms with Gasteiger partial charge in [-0.25, -0.2) is 4.98 Å². The smallest absolute Gasteiger partial charge is 0.142 e. The molecule has 2 heterocycles. The summed E-state index contributed by atoms with van der Waals surface area (Å²) in [4.78, 5) is 10.2. The summed E-state index contributed by atoms with van der Waals surface area (Å²) in [5.41, 5.74) is 9.18. The molecule has 0 spiro atoms. The van der Waals surface area contributed by atoms with Gasteiger partial charge in [-0.15, -0.1) is 11.3 Å². The van der Waals surface area contributed by atoms with Gasteiger partial charge in [-0.05, 0) is 31.9 Å². The van der Waals surface area contributed by atoms with Crippen LogP contribution < -0.4 is 5.73 Å². The van der Waals surface area contributed by atoms with Gasteiger partial charge < -0.3 is 5.73 Å². The van der Waals surface area contributed by atoms with Crippen molar-refractivity contribution in [3.63, 3.8) is 0 Å². The zero-order valence-corrected chi connectivity index (χ0v) is 11.2. The Morgan fingerprint density at radius 1 is 1.47 bits per heavy atom. The molecule has 0 aliphatic rings. The number of thiazole rings is 1. The van der Waals surface area contributed by atoms with E-state index in [1.165, 1.54) is 5.56 Å². The van der Waals surface area contributed by atoms with Gasteiger partial charge in [0.1, 0.15) is 10.7 Å². The van der Waals surface area contributed by atoms with Crippen LogP contribution in [0.15, 0.2) is 18.3 Å². The van der Waals surface area contributed by atoms with Crippen LogP contribution in [0.5, 0.6) is 0 Å². The Labute approximate surface area is 106 Å². The fourth-order valence-corrected chi connectivity index (χ4v) is 2.90. The third-order valence-electron chi connectivity index (χ3n) is 2.72. The van der Waals surface area contributed by atoms with Crippen molar-refractivity contribution in [2.45, 2.75) is 33.2 Å². The lowest BCUT2D eigenvalue weighted by Gasteiger charge is -2.02. The quantitative estimate of drug-likeness (QED) is 0.906.